The third-order valence-corrected chi connectivity index (χ3v) is 5.71. The van der Waals surface area contributed by atoms with Crippen molar-refractivity contribution in [2.24, 2.45) is 11.1 Å². The lowest BCUT2D eigenvalue weighted by atomic mass is 10.0. The number of hydrogen-bond acceptors (Lipinski definition) is 6. The van der Waals surface area contributed by atoms with Gasteiger partial charge >= 0.3 is 0 Å². The second kappa shape index (κ2) is 8.45. The first kappa shape index (κ1) is 20.4. The molecular formula is C21H23BrN6O2. The first-order valence-electron chi connectivity index (χ1n) is 9.67. The Hall–Kier alpha value is -2.91. The van der Waals surface area contributed by atoms with Crippen LogP contribution in [0.15, 0.2) is 47.1 Å². The fourth-order valence-electron chi connectivity index (χ4n) is 3.14. The van der Waals surface area contributed by atoms with Crippen molar-refractivity contribution in [1.82, 2.24) is 20.3 Å². The van der Waals surface area contributed by atoms with Crippen molar-refractivity contribution in [3.63, 3.8) is 0 Å². The Bertz CT molecular complexity index is 1090. The zero-order chi connectivity index (χ0) is 21.1. The number of amides is 1. The maximum atomic E-state index is 12.1. The molecule has 0 saturated carbocycles. The summed E-state index contributed by atoms with van der Waals surface area (Å²) in [7, 11) is 1.64. The molecule has 156 valence electrons. The van der Waals surface area contributed by atoms with E-state index < -0.39 is 5.41 Å². The number of carbonyl (C=O) groups is 1. The van der Waals surface area contributed by atoms with Crippen LogP contribution in [0.2, 0.25) is 0 Å². The van der Waals surface area contributed by atoms with Gasteiger partial charge in [0.15, 0.2) is 5.65 Å². The molecule has 0 spiro atoms. The number of aromatic nitrogens is 3. The number of nitrogens with two attached hydrogens (primary N) is 1. The van der Waals surface area contributed by atoms with Gasteiger partial charge in [0, 0.05) is 31.4 Å². The number of benzene rings is 1. The number of H-pyrrole nitrogens is 1. The smallest absolute Gasteiger partial charge is 0.235 e. The number of ether oxygens (including phenoxy) is 1. The van der Waals surface area contributed by atoms with Crippen molar-refractivity contribution in [1.29, 1.82) is 0 Å². The van der Waals surface area contributed by atoms with Gasteiger partial charge < -0.3 is 26.1 Å². The molecule has 2 heterocycles. The Balaban J connectivity index is 1.41. The number of fused-ring (bicyclic) bond motifs is 1. The molecule has 3 aromatic rings. The van der Waals surface area contributed by atoms with Crippen molar-refractivity contribution in [2.75, 3.05) is 32.1 Å². The highest BCUT2D eigenvalue weighted by Gasteiger charge is 2.40. The number of rotatable bonds is 9. The number of halogens is 1. The van der Waals surface area contributed by atoms with Crippen LogP contribution in [0.25, 0.3) is 22.6 Å². The monoisotopic (exact) mass is 470 g/mol. The third-order valence-electron chi connectivity index (χ3n) is 5.11. The number of anilines is 1. The van der Waals surface area contributed by atoms with E-state index in [1.807, 2.05) is 36.4 Å². The SMILES string of the molecule is COc1ccc(-c2nc3ncc(Br)c(NCCCNC(=O)C4(CN)C=C4)c3[nH]2)cc1. The Kier molecular flexibility index (Phi) is 5.74. The molecule has 0 saturated heterocycles. The summed E-state index contributed by atoms with van der Waals surface area (Å²) in [4.78, 5) is 24.5. The average molecular weight is 471 g/mol. The van der Waals surface area contributed by atoms with Crippen LogP contribution in [0, 0.1) is 5.41 Å². The minimum atomic E-state index is -0.554. The Labute approximate surface area is 182 Å². The van der Waals surface area contributed by atoms with E-state index in [1.54, 1.807) is 13.3 Å². The molecule has 4 rings (SSSR count). The zero-order valence-corrected chi connectivity index (χ0v) is 18.1. The lowest BCUT2D eigenvalue weighted by Crippen LogP contribution is -2.38. The van der Waals surface area contributed by atoms with Gasteiger partial charge in [-0.2, -0.15) is 0 Å². The molecule has 0 unspecified atom stereocenters. The van der Waals surface area contributed by atoms with E-state index in [1.165, 1.54) is 0 Å². The number of carbonyl (C=O) groups excluding carboxylic acids is 1. The topological polar surface area (TPSA) is 118 Å². The molecule has 1 amide bonds. The van der Waals surface area contributed by atoms with Gasteiger partial charge in [0.25, 0.3) is 0 Å². The number of pyridine rings is 1. The minimum absolute atomic E-state index is 0.0322. The van der Waals surface area contributed by atoms with E-state index in [0.717, 1.165) is 39.2 Å². The molecule has 0 bridgehead atoms. The number of imidazole rings is 1. The van der Waals surface area contributed by atoms with Gasteiger partial charge in [0.1, 0.15) is 17.1 Å². The first-order chi connectivity index (χ1) is 14.6. The van der Waals surface area contributed by atoms with Crippen LogP contribution in [0.3, 0.4) is 0 Å². The van der Waals surface area contributed by atoms with Crippen LogP contribution < -0.4 is 21.1 Å². The van der Waals surface area contributed by atoms with Gasteiger partial charge in [-0.25, -0.2) is 9.97 Å². The molecule has 0 aliphatic heterocycles. The second-order valence-corrected chi connectivity index (χ2v) is 7.96. The van der Waals surface area contributed by atoms with E-state index in [2.05, 4.69) is 41.5 Å². The van der Waals surface area contributed by atoms with Crippen molar-refractivity contribution >= 4 is 38.7 Å². The Morgan fingerprint density at radius 2 is 2.03 bits per heavy atom. The van der Waals surface area contributed by atoms with Crippen LogP contribution in [0.1, 0.15) is 6.42 Å². The predicted molar refractivity (Wildman–Crippen MR) is 120 cm³/mol. The lowest BCUT2D eigenvalue weighted by molar-refractivity contribution is -0.124. The highest BCUT2D eigenvalue weighted by Crippen LogP contribution is 2.33. The largest absolute Gasteiger partial charge is 0.497 e. The molecule has 30 heavy (non-hydrogen) atoms. The second-order valence-electron chi connectivity index (χ2n) is 7.11. The predicted octanol–water partition coefficient (Wildman–Crippen LogP) is 2.83. The summed E-state index contributed by atoms with van der Waals surface area (Å²) < 4.78 is 6.05. The molecule has 1 aliphatic rings. The van der Waals surface area contributed by atoms with Crippen molar-refractivity contribution in [3.8, 4) is 17.1 Å². The molecule has 0 atom stereocenters. The average Bonchev–Trinajstić information content (AvgIpc) is 3.46. The van der Waals surface area contributed by atoms with Gasteiger partial charge in [-0.3, -0.25) is 4.79 Å². The minimum Gasteiger partial charge on any atom is -0.497 e. The van der Waals surface area contributed by atoms with Crippen LogP contribution >= 0.6 is 15.9 Å². The van der Waals surface area contributed by atoms with Gasteiger partial charge in [-0.05, 0) is 46.6 Å². The van der Waals surface area contributed by atoms with E-state index in [0.29, 0.717) is 25.3 Å². The molecule has 8 nitrogen and oxygen atoms in total. The lowest BCUT2D eigenvalue weighted by Gasteiger charge is -2.14. The van der Waals surface area contributed by atoms with E-state index in [9.17, 15) is 4.79 Å². The highest BCUT2D eigenvalue weighted by molar-refractivity contribution is 9.10. The molecule has 2 aromatic heterocycles. The Morgan fingerprint density at radius 1 is 1.27 bits per heavy atom. The fourth-order valence-corrected chi connectivity index (χ4v) is 3.58. The third kappa shape index (κ3) is 4.03. The van der Waals surface area contributed by atoms with E-state index in [-0.39, 0.29) is 5.91 Å². The molecule has 9 heteroatoms. The normalized spacial score (nSPS) is 14.0. The molecule has 0 radical (unpaired) electrons. The molecule has 1 aromatic carbocycles. The molecular weight excluding hydrogens is 448 g/mol. The van der Waals surface area contributed by atoms with Crippen LogP contribution in [-0.4, -0.2) is 47.6 Å². The van der Waals surface area contributed by atoms with Gasteiger partial charge in [-0.1, -0.05) is 12.2 Å². The van der Waals surface area contributed by atoms with Gasteiger partial charge in [-0.15, -0.1) is 0 Å². The molecule has 0 fully saturated rings. The summed E-state index contributed by atoms with van der Waals surface area (Å²) >= 11 is 3.56. The number of nitrogens with zero attached hydrogens (tertiary/aromatic N) is 2. The van der Waals surface area contributed by atoms with Crippen molar-refractivity contribution in [2.45, 2.75) is 6.42 Å². The quantitative estimate of drug-likeness (QED) is 0.282. The number of aromatic amines is 1. The van der Waals surface area contributed by atoms with E-state index >= 15 is 0 Å². The van der Waals surface area contributed by atoms with Crippen LogP contribution in [0.5, 0.6) is 5.75 Å². The number of nitrogens with one attached hydrogen (secondary N) is 3. The number of methoxy groups -OCH3 is 1. The molecule has 1 aliphatic carbocycles. The summed E-state index contributed by atoms with van der Waals surface area (Å²) in [6, 6.07) is 7.69. The summed E-state index contributed by atoms with van der Waals surface area (Å²) in [6.45, 7) is 1.56. The zero-order valence-electron chi connectivity index (χ0n) is 16.5. The summed E-state index contributed by atoms with van der Waals surface area (Å²) in [6.07, 6.45) is 6.17. The summed E-state index contributed by atoms with van der Waals surface area (Å²) in [5.74, 6) is 1.49. The van der Waals surface area contributed by atoms with Gasteiger partial charge in [0.05, 0.1) is 22.7 Å². The van der Waals surface area contributed by atoms with Gasteiger partial charge in [0.2, 0.25) is 5.91 Å². The molecule has 5 N–H and O–H groups in total. The van der Waals surface area contributed by atoms with Crippen LogP contribution in [0.4, 0.5) is 5.69 Å². The maximum absolute atomic E-state index is 12.1. The summed E-state index contributed by atoms with van der Waals surface area (Å²) in [5.41, 5.74) is 8.37. The summed E-state index contributed by atoms with van der Waals surface area (Å²) in [5, 5.41) is 6.34. The number of hydrogen-bond donors (Lipinski definition) is 4. The fraction of sp³-hybridized carbons (Fsp3) is 0.286. The Morgan fingerprint density at radius 3 is 2.70 bits per heavy atom. The van der Waals surface area contributed by atoms with Crippen LogP contribution in [-0.2, 0) is 4.79 Å². The van der Waals surface area contributed by atoms with Crippen molar-refractivity contribution in [3.05, 3.63) is 47.1 Å². The van der Waals surface area contributed by atoms with Crippen molar-refractivity contribution < 1.29 is 9.53 Å². The van der Waals surface area contributed by atoms with E-state index in [4.69, 9.17) is 10.5 Å². The highest BCUT2D eigenvalue weighted by atomic mass is 79.9. The maximum Gasteiger partial charge on any atom is 0.235 e. The first-order valence-corrected chi connectivity index (χ1v) is 10.5. The standard InChI is InChI=1S/C21H23BrN6O2/c1-30-14-5-3-13(4-6-14)18-27-17-16(15(22)11-26-19(17)28-18)24-9-2-10-25-20(29)21(12-23)7-8-21/h3-8,11H,2,9-10,12,23H2,1H3,(H,25,29)(H2,24,26,27,28).